The molecular weight excluding hydrogens is 201 g/mol. The molecule has 0 bridgehead atoms. The van der Waals surface area contributed by atoms with Gasteiger partial charge in [-0.25, -0.2) is 4.39 Å². The number of likely N-dealkylation sites (tertiary alicyclic amines) is 1. The highest BCUT2D eigenvalue weighted by Gasteiger charge is 2.33. The third kappa shape index (κ3) is 2.97. The predicted molar refractivity (Wildman–Crippen MR) is 65.4 cm³/mol. The van der Waals surface area contributed by atoms with Crippen LogP contribution in [0.1, 0.15) is 52.4 Å². The fraction of sp³-hybridized carbons (Fsp3) is 1.00. The van der Waals surface area contributed by atoms with Gasteiger partial charge in [0, 0.05) is 11.8 Å². The third-order valence-corrected chi connectivity index (χ3v) is 4.74. The molecule has 5 atom stereocenters. The summed E-state index contributed by atoms with van der Waals surface area (Å²) in [6.07, 6.45) is 6.51. The minimum atomic E-state index is -0.509. The number of hydrogen-bond donors (Lipinski definition) is 1. The molecule has 1 aliphatic heterocycles. The van der Waals surface area contributed by atoms with Gasteiger partial charge in [-0.2, -0.15) is 0 Å². The van der Waals surface area contributed by atoms with E-state index in [1.54, 1.807) is 4.90 Å². The summed E-state index contributed by atoms with van der Waals surface area (Å²) in [5.41, 5.74) is 0. The van der Waals surface area contributed by atoms with Crippen LogP contribution in [0.3, 0.4) is 0 Å². The Bertz CT molecular complexity index is 219. The minimum absolute atomic E-state index is 0.358. The highest BCUT2D eigenvalue weighted by molar-refractivity contribution is 4.75. The average molecular weight is 228 g/mol. The number of quaternary nitrogens is 1. The minimum Gasteiger partial charge on any atom is -0.332 e. The number of nitrogens with one attached hydrogen (secondary N) is 1. The maximum absolute atomic E-state index is 13.8. The molecule has 1 saturated heterocycles. The Kier molecular flexibility index (Phi) is 4.23. The average Bonchev–Trinajstić information content (AvgIpc) is 2.27. The van der Waals surface area contributed by atoms with Gasteiger partial charge in [-0.3, -0.25) is 0 Å². The van der Waals surface area contributed by atoms with Crippen LogP contribution in [0.15, 0.2) is 0 Å². The maximum atomic E-state index is 13.8. The summed E-state index contributed by atoms with van der Waals surface area (Å²) in [5, 5.41) is 0. The number of rotatable bonds is 2. The van der Waals surface area contributed by atoms with Gasteiger partial charge in [0.05, 0.1) is 19.1 Å². The lowest BCUT2D eigenvalue weighted by Gasteiger charge is -2.37. The van der Waals surface area contributed by atoms with E-state index in [-0.39, 0.29) is 0 Å². The second-order valence-electron chi connectivity index (χ2n) is 6.21. The lowest BCUT2D eigenvalue weighted by molar-refractivity contribution is -0.935. The SMILES string of the molecule is CC1CCC(C)[NH+](CC2CCCCC2F)C1. The van der Waals surface area contributed by atoms with E-state index in [0.29, 0.717) is 5.92 Å². The molecule has 16 heavy (non-hydrogen) atoms. The van der Waals surface area contributed by atoms with Crippen LogP contribution in [0, 0.1) is 11.8 Å². The fourth-order valence-electron chi connectivity index (χ4n) is 3.50. The van der Waals surface area contributed by atoms with Gasteiger partial charge in [-0.05, 0) is 32.6 Å². The Morgan fingerprint density at radius 2 is 1.81 bits per heavy atom. The molecule has 2 fully saturated rings. The van der Waals surface area contributed by atoms with Crippen molar-refractivity contribution in [2.75, 3.05) is 13.1 Å². The van der Waals surface area contributed by atoms with E-state index in [2.05, 4.69) is 13.8 Å². The molecule has 0 amide bonds. The molecule has 1 heterocycles. The molecule has 0 aromatic carbocycles. The molecule has 5 unspecified atom stereocenters. The van der Waals surface area contributed by atoms with Crippen LogP contribution < -0.4 is 4.90 Å². The van der Waals surface area contributed by atoms with Gasteiger partial charge in [-0.15, -0.1) is 0 Å². The normalized spacial score (nSPS) is 45.6. The van der Waals surface area contributed by atoms with Crippen molar-refractivity contribution in [3.8, 4) is 0 Å². The summed E-state index contributed by atoms with van der Waals surface area (Å²) in [7, 11) is 0. The van der Waals surface area contributed by atoms with Gasteiger partial charge in [0.25, 0.3) is 0 Å². The number of hydrogen-bond acceptors (Lipinski definition) is 0. The Balaban J connectivity index is 1.86. The summed E-state index contributed by atoms with van der Waals surface area (Å²) in [4.78, 5) is 1.67. The second kappa shape index (κ2) is 5.48. The maximum Gasteiger partial charge on any atom is 0.108 e. The Hall–Kier alpha value is -0.110. The largest absolute Gasteiger partial charge is 0.332 e. The first-order valence-corrected chi connectivity index (χ1v) is 7.15. The lowest BCUT2D eigenvalue weighted by Crippen LogP contribution is -3.17. The van der Waals surface area contributed by atoms with E-state index >= 15 is 0 Å². The van der Waals surface area contributed by atoms with Crippen molar-refractivity contribution in [1.82, 2.24) is 0 Å². The Labute approximate surface area is 99.4 Å². The van der Waals surface area contributed by atoms with Crippen molar-refractivity contribution >= 4 is 0 Å². The van der Waals surface area contributed by atoms with E-state index in [1.807, 2.05) is 0 Å². The van der Waals surface area contributed by atoms with Gasteiger partial charge in [0.2, 0.25) is 0 Å². The number of piperidine rings is 1. The Morgan fingerprint density at radius 3 is 2.56 bits per heavy atom. The summed E-state index contributed by atoms with van der Waals surface area (Å²) in [6.45, 7) is 7.05. The highest BCUT2D eigenvalue weighted by Crippen LogP contribution is 2.26. The van der Waals surface area contributed by atoms with Crippen molar-refractivity contribution in [3.05, 3.63) is 0 Å². The van der Waals surface area contributed by atoms with Crippen molar-refractivity contribution in [2.24, 2.45) is 11.8 Å². The van der Waals surface area contributed by atoms with Crippen LogP contribution in [-0.4, -0.2) is 25.3 Å². The highest BCUT2D eigenvalue weighted by atomic mass is 19.1. The molecule has 2 heteroatoms. The number of halogens is 1. The van der Waals surface area contributed by atoms with Crippen LogP contribution in [0.5, 0.6) is 0 Å². The summed E-state index contributed by atoms with van der Waals surface area (Å²) < 4.78 is 13.8. The van der Waals surface area contributed by atoms with Crippen molar-refractivity contribution in [2.45, 2.75) is 64.6 Å². The molecule has 1 aliphatic carbocycles. The van der Waals surface area contributed by atoms with E-state index in [1.165, 1.54) is 25.8 Å². The first kappa shape index (κ1) is 12.3. The molecule has 94 valence electrons. The molecule has 1 saturated carbocycles. The molecule has 0 radical (unpaired) electrons. The first-order valence-electron chi connectivity index (χ1n) is 7.15. The van der Waals surface area contributed by atoms with Crippen LogP contribution in [-0.2, 0) is 0 Å². The van der Waals surface area contributed by atoms with E-state index in [4.69, 9.17) is 0 Å². The van der Waals surface area contributed by atoms with Crippen molar-refractivity contribution in [1.29, 1.82) is 0 Å². The monoisotopic (exact) mass is 228 g/mol. The van der Waals surface area contributed by atoms with E-state index < -0.39 is 6.17 Å². The molecular formula is C14H27FN+. The second-order valence-corrected chi connectivity index (χ2v) is 6.21. The van der Waals surface area contributed by atoms with Gasteiger partial charge >= 0.3 is 0 Å². The smallest absolute Gasteiger partial charge is 0.108 e. The van der Waals surface area contributed by atoms with Gasteiger partial charge in [0.1, 0.15) is 6.17 Å². The van der Waals surface area contributed by atoms with Crippen molar-refractivity contribution < 1.29 is 9.29 Å². The van der Waals surface area contributed by atoms with Gasteiger partial charge < -0.3 is 4.90 Å². The van der Waals surface area contributed by atoms with E-state index in [9.17, 15) is 4.39 Å². The van der Waals surface area contributed by atoms with Gasteiger partial charge in [-0.1, -0.05) is 19.8 Å². The molecule has 0 aromatic rings. The fourth-order valence-corrected chi connectivity index (χ4v) is 3.50. The lowest BCUT2D eigenvalue weighted by atomic mass is 9.85. The summed E-state index contributed by atoms with van der Waals surface area (Å²) in [5.74, 6) is 1.20. The molecule has 0 spiro atoms. The molecule has 0 aromatic heterocycles. The zero-order valence-electron chi connectivity index (χ0n) is 10.8. The zero-order valence-corrected chi connectivity index (χ0v) is 10.8. The van der Waals surface area contributed by atoms with Crippen LogP contribution >= 0.6 is 0 Å². The Morgan fingerprint density at radius 1 is 1.06 bits per heavy atom. The summed E-state index contributed by atoms with van der Waals surface area (Å²) in [6, 6.07) is 0.755. The molecule has 1 N–H and O–H groups in total. The third-order valence-electron chi connectivity index (χ3n) is 4.74. The standard InChI is InChI=1S/C14H26FN/c1-11-7-8-12(2)16(9-11)10-13-5-3-4-6-14(13)15/h11-14H,3-10H2,1-2H3/p+1. The number of alkyl halides is 1. The predicted octanol–water partition coefficient (Wildman–Crippen LogP) is 2.22. The van der Waals surface area contributed by atoms with Gasteiger partial charge in [0.15, 0.2) is 0 Å². The summed E-state index contributed by atoms with van der Waals surface area (Å²) >= 11 is 0. The molecule has 2 rings (SSSR count). The topological polar surface area (TPSA) is 4.44 Å². The zero-order chi connectivity index (χ0) is 11.5. The van der Waals surface area contributed by atoms with Crippen LogP contribution in [0.2, 0.25) is 0 Å². The van der Waals surface area contributed by atoms with Crippen molar-refractivity contribution in [3.63, 3.8) is 0 Å². The molecule has 2 aliphatic rings. The molecule has 1 nitrogen and oxygen atoms in total. The van der Waals surface area contributed by atoms with Crippen LogP contribution in [0.4, 0.5) is 4.39 Å². The first-order chi connectivity index (χ1) is 7.66. The van der Waals surface area contributed by atoms with E-state index in [0.717, 1.165) is 37.8 Å². The van der Waals surface area contributed by atoms with Crippen LogP contribution in [0.25, 0.3) is 0 Å². The quantitative estimate of drug-likeness (QED) is 0.739.